The van der Waals surface area contributed by atoms with Gasteiger partial charge in [0, 0.05) is 6.07 Å². The van der Waals surface area contributed by atoms with Crippen LogP contribution >= 0.6 is 23.1 Å². The van der Waals surface area contributed by atoms with E-state index in [1.807, 2.05) is 13.8 Å². The number of hydrogen-bond donors (Lipinski definition) is 1. The molecule has 3 heterocycles. The normalized spacial score (nSPS) is 10.9. The van der Waals surface area contributed by atoms with E-state index in [1.54, 1.807) is 13.0 Å². The number of thioether (sulfide) groups is 1. The van der Waals surface area contributed by atoms with Gasteiger partial charge in [0.25, 0.3) is 11.1 Å². The molecule has 0 saturated heterocycles. The molecule has 3 rings (SSSR count). The standard InChI is InChI=1S/C13H13N5O3S2/c1-6-4-10(21-18-6)15-9(19)5-22-13-17-16-12(20-13)11-7(2)14-8(3)23-11/h4H,5H2,1-3H3,(H,15,19). The molecule has 0 spiro atoms. The van der Waals surface area contributed by atoms with Gasteiger partial charge >= 0.3 is 0 Å². The van der Waals surface area contributed by atoms with E-state index in [0.29, 0.717) is 22.7 Å². The van der Waals surface area contributed by atoms with Crippen molar-refractivity contribution in [3.63, 3.8) is 0 Å². The molecule has 0 aromatic carbocycles. The van der Waals surface area contributed by atoms with E-state index < -0.39 is 0 Å². The van der Waals surface area contributed by atoms with Gasteiger partial charge in [0.05, 0.1) is 22.1 Å². The van der Waals surface area contributed by atoms with Crippen LogP contribution in [0.2, 0.25) is 0 Å². The molecule has 0 aliphatic rings. The van der Waals surface area contributed by atoms with Gasteiger partial charge in [-0.3, -0.25) is 10.1 Å². The summed E-state index contributed by atoms with van der Waals surface area (Å²) in [5.41, 5.74) is 1.55. The third kappa shape index (κ3) is 3.77. The molecule has 0 unspecified atom stereocenters. The Labute approximate surface area is 139 Å². The van der Waals surface area contributed by atoms with Gasteiger partial charge in [-0.1, -0.05) is 16.9 Å². The third-order valence-electron chi connectivity index (χ3n) is 2.72. The lowest BCUT2D eigenvalue weighted by atomic mass is 10.4. The fraction of sp³-hybridized carbons (Fsp3) is 0.308. The van der Waals surface area contributed by atoms with Crippen LogP contribution < -0.4 is 5.32 Å². The van der Waals surface area contributed by atoms with Crippen molar-refractivity contribution in [1.29, 1.82) is 0 Å². The van der Waals surface area contributed by atoms with Crippen LogP contribution in [0, 0.1) is 20.8 Å². The fourth-order valence-electron chi connectivity index (χ4n) is 1.81. The Bertz CT molecular complexity index is 838. The highest BCUT2D eigenvalue weighted by Gasteiger charge is 2.16. The Hall–Kier alpha value is -2.20. The quantitative estimate of drug-likeness (QED) is 0.699. The van der Waals surface area contributed by atoms with Crippen LogP contribution in [0.4, 0.5) is 5.88 Å². The Morgan fingerprint density at radius 2 is 2.17 bits per heavy atom. The van der Waals surface area contributed by atoms with Gasteiger partial charge in [-0.15, -0.1) is 21.5 Å². The lowest BCUT2D eigenvalue weighted by Crippen LogP contribution is -2.13. The molecule has 0 fully saturated rings. The average molecular weight is 351 g/mol. The molecule has 1 N–H and O–H groups in total. The van der Waals surface area contributed by atoms with E-state index in [2.05, 4.69) is 25.7 Å². The third-order valence-corrected chi connectivity index (χ3v) is 4.60. The second-order valence-corrected chi connectivity index (χ2v) is 6.82. The molecule has 0 radical (unpaired) electrons. The maximum absolute atomic E-state index is 11.8. The average Bonchev–Trinajstić information content (AvgIpc) is 3.18. The van der Waals surface area contributed by atoms with Crippen molar-refractivity contribution in [2.45, 2.75) is 26.0 Å². The molecule has 3 aromatic heterocycles. The maximum Gasteiger partial charge on any atom is 0.277 e. The molecule has 23 heavy (non-hydrogen) atoms. The van der Waals surface area contributed by atoms with E-state index in [1.165, 1.54) is 11.3 Å². The minimum absolute atomic E-state index is 0.127. The highest BCUT2D eigenvalue weighted by Crippen LogP contribution is 2.30. The Morgan fingerprint density at radius 3 is 2.83 bits per heavy atom. The van der Waals surface area contributed by atoms with Crippen molar-refractivity contribution in [3.05, 3.63) is 22.5 Å². The number of amides is 1. The second-order valence-electron chi connectivity index (χ2n) is 4.69. The van der Waals surface area contributed by atoms with Crippen molar-refractivity contribution in [1.82, 2.24) is 20.3 Å². The Kier molecular flexibility index (Phi) is 4.44. The van der Waals surface area contributed by atoms with Crippen LogP contribution in [0.1, 0.15) is 16.4 Å². The van der Waals surface area contributed by atoms with Crippen molar-refractivity contribution < 1.29 is 13.7 Å². The zero-order valence-corrected chi connectivity index (χ0v) is 14.2. The number of hydrogen-bond acceptors (Lipinski definition) is 9. The van der Waals surface area contributed by atoms with E-state index in [-0.39, 0.29) is 11.7 Å². The summed E-state index contributed by atoms with van der Waals surface area (Å²) in [5.74, 6) is 0.620. The molecule has 8 nitrogen and oxygen atoms in total. The van der Waals surface area contributed by atoms with E-state index in [9.17, 15) is 4.79 Å². The topological polar surface area (TPSA) is 107 Å². The highest BCUT2D eigenvalue weighted by molar-refractivity contribution is 7.99. The Morgan fingerprint density at radius 1 is 1.35 bits per heavy atom. The molecule has 0 aliphatic heterocycles. The van der Waals surface area contributed by atoms with Crippen LogP contribution in [-0.4, -0.2) is 32.0 Å². The summed E-state index contributed by atoms with van der Waals surface area (Å²) in [6.45, 7) is 5.59. The van der Waals surface area contributed by atoms with Crippen LogP contribution in [0.5, 0.6) is 0 Å². The van der Waals surface area contributed by atoms with Gasteiger partial charge < -0.3 is 8.94 Å². The zero-order valence-electron chi connectivity index (χ0n) is 12.6. The molecule has 120 valence electrons. The lowest BCUT2D eigenvalue weighted by Gasteiger charge is -1.97. The number of rotatable bonds is 5. The first-order valence-corrected chi connectivity index (χ1v) is 8.45. The van der Waals surface area contributed by atoms with E-state index in [4.69, 9.17) is 8.94 Å². The lowest BCUT2D eigenvalue weighted by molar-refractivity contribution is -0.113. The number of aromatic nitrogens is 4. The number of nitrogens with zero attached hydrogens (tertiary/aromatic N) is 4. The molecule has 0 aliphatic carbocycles. The Balaban J connectivity index is 1.59. The molecule has 10 heteroatoms. The first-order chi connectivity index (χ1) is 11.0. The van der Waals surface area contributed by atoms with E-state index in [0.717, 1.165) is 27.3 Å². The van der Waals surface area contributed by atoms with Gasteiger partial charge in [-0.2, -0.15) is 0 Å². The van der Waals surface area contributed by atoms with Crippen molar-refractivity contribution in [3.8, 4) is 10.8 Å². The van der Waals surface area contributed by atoms with Gasteiger partial charge in [0.2, 0.25) is 11.8 Å². The fourth-order valence-corrected chi connectivity index (χ4v) is 3.22. The predicted octanol–water partition coefficient (Wildman–Crippen LogP) is 2.84. The molecule has 1 amide bonds. The summed E-state index contributed by atoms with van der Waals surface area (Å²) < 4.78 is 10.5. The van der Waals surface area contributed by atoms with Gasteiger partial charge in [-0.05, 0) is 20.8 Å². The number of carbonyl (C=O) groups is 1. The first kappa shape index (κ1) is 15.7. The number of anilines is 1. The van der Waals surface area contributed by atoms with Crippen molar-refractivity contribution >= 4 is 34.9 Å². The van der Waals surface area contributed by atoms with Crippen LogP contribution in [0.15, 0.2) is 20.2 Å². The number of aryl methyl sites for hydroxylation is 3. The monoisotopic (exact) mass is 351 g/mol. The molecule has 3 aromatic rings. The summed E-state index contributed by atoms with van der Waals surface area (Å²) in [7, 11) is 0. The summed E-state index contributed by atoms with van der Waals surface area (Å²) in [5, 5.41) is 15.5. The number of nitrogens with one attached hydrogen (secondary N) is 1. The predicted molar refractivity (Wildman–Crippen MR) is 85.5 cm³/mol. The number of thiazole rings is 1. The second kappa shape index (κ2) is 6.50. The highest BCUT2D eigenvalue weighted by atomic mass is 32.2. The molecular formula is C13H13N5O3S2. The molecule has 0 saturated carbocycles. The SMILES string of the molecule is Cc1cc(NC(=O)CSc2nnc(-c3sc(C)nc3C)o2)on1. The molecule has 0 atom stereocenters. The zero-order chi connectivity index (χ0) is 16.4. The molecular weight excluding hydrogens is 338 g/mol. The summed E-state index contributed by atoms with van der Waals surface area (Å²) in [6.07, 6.45) is 0. The number of carbonyl (C=O) groups excluding carboxylic acids is 1. The van der Waals surface area contributed by atoms with Crippen LogP contribution in [-0.2, 0) is 4.79 Å². The minimum Gasteiger partial charge on any atom is -0.410 e. The summed E-state index contributed by atoms with van der Waals surface area (Å²) >= 11 is 2.65. The minimum atomic E-state index is -0.240. The van der Waals surface area contributed by atoms with Crippen LogP contribution in [0.3, 0.4) is 0 Å². The first-order valence-electron chi connectivity index (χ1n) is 6.65. The van der Waals surface area contributed by atoms with Crippen LogP contribution in [0.25, 0.3) is 10.8 Å². The molecule has 0 bridgehead atoms. The van der Waals surface area contributed by atoms with Crippen molar-refractivity contribution in [2.24, 2.45) is 0 Å². The summed E-state index contributed by atoms with van der Waals surface area (Å²) in [6, 6.07) is 1.64. The largest absolute Gasteiger partial charge is 0.410 e. The maximum atomic E-state index is 11.8. The smallest absolute Gasteiger partial charge is 0.277 e. The van der Waals surface area contributed by atoms with Gasteiger partial charge in [0.15, 0.2) is 0 Å². The van der Waals surface area contributed by atoms with Crippen molar-refractivity contribution in [2.75, 3.05) is 11.1 Å². The van der Waals surface area contributed by atoms with Gasteiger partial charge in [-0.25, -0.2) is 4.98 Å². The van der Waals surface area contributed by atoms with Gasteiger partial charge in [0.1, 0.15) is 4.88 Å². The van der Waals surface area contributed by atoms with E-state index >= 15 is 0 Å². The summed E-state index contributed by atoms with van der Waals surface area (Å²) in [4.78, 5) is 17.0.